The number of esters is 1. The third kappa shape index (κ3) is 4.21. The Balaban J connectivity index is 2.02. The van der Waals surface area contributed by atoms with Crippen LogP contribution in [0.5, 0.6) is 0 Å². The Labute approximate surface area is 165 Å². The van der Waals surface area contributed by atoms with Crippen LogP contribution in [0.25, 0.3) is 0 Å². The van der Waals surface area contributed by atoms with E-state index in [1.165, 1.54) is 19.1 Å². The molecular weight excluding hydrogens is 384 g/mol. The van der Waals surface area contributed by atoms with Crippen molar-refractivity contribution >= 4 is 29.4 Å². The van der Waals surface area contributed by atoms with Gasteiger partial charge in [0.25, 0.3) is 23.4 Å². The molecule has 1 aliphatic rings. The van der Waals surface area contributed by atoms with E-state index < -0.39 is 58.6 Å². The number of carbonyl (C=O) groups excluding carboxylic acids is 4. The molecule has 2 rings (SSSR count). The SMILES string of the molecule is CC(C)[C@@](C)(C#N)NC(=O)COC(=O)CN1C(=O)c2cccc([N+](=O)[O-])c2C1=O. The Morgan fingerprint density at radius 1 is 1.34 bits per heavy atom. The highest BCUT2D eigenvalue weighted by atomic mass is 16.6. The van der Waals surface area contributed by atoms with E-state index >= 15 is 0 Å². The van der Waals surface area contributed by atoms with E-state index in [4.69, 9.17) is 4.74 Å². The maximum atomic E-state index is 12.4. The van der Waals surface area contributed by atoms with Crippen LogP contribution in [0.1, 0.15) is 41.5 Å². The van der Waals surface area contributed by atoms with Crippen molar-refractivity contribution in [1.82, 2.24) is 10.2 Å². The second-order valence-corrected chi connectivity index (χ2v) is 6.83. The van der Waals surface area contributed by atoms with Gasteiger partial charge in [0.1, 0.15) is 17.6 Å². The van der Waals surface area contributed by atoms with Crippen molar-refractivity contribution in [3.05, 3.63) is 39.4 Å². The minimum absolute atomic E-state index is 0.184. The van der Waals surface area contributed by atoms with Gasteiger partial charge in [-0.1, -0.05) is 19.9 Å². The van der Waals surface area contributed by atoms with Gasteiger partial charge in [-0.15, -0.1) is 0 Å². The molecule has 1 aromatic carbocycles. The van der Waals surface area contributed by atoms with Crippen LogP contribution in [-0.4, -0.2) is 52.2 Å². The Bertz CT molecular complexity index is 950. The molecule has 3 amide bonds. The fourth-order valence-corrected chi connectivity index (χ4v) is 2.56. The Hall–Kier alpha value is -3.81. The summed E-state index contributed by atoms with van der Waals surface area (Å²) >= 11 is 0. The first kappa shape index (κ1) is 21.5. The molecule has 1 aliphatic heterocycles. The zero-order chi connectivity index (χ0) is 21.9. The number of ether oxygens (including phenoxy) is 1. The summed E-state index contributed by atoms with van der Waals surface area (Å²) in [6.07, 6.45) is 0. The number of nitriles is 1. The van der Waals surface area contributed by atoms with Crippen molar-refractivity contribution in [2.45, 2.75) is 26.3 Å². The predicted molar refractivity (Wildman–Crippen MR) is 96.4 cm³/mol. The van der Waals surface area contributed by atoms with E-state index in [0.717, 1.165) is 6.07 Å². The lowest BCUT2D eigenvalue weighted by atomic mass is 9.90. The molecule has 0 fully saturated rings. The van der Waals surface area contributed by atoms with Crippen LogP contribution < -0.4 is 5.32 Å². The number of nitrogens with one attached hydrogen (secondary N) is 1. The molecule has 1 N–H and O–H groups in total. The van der Waals surface area contributed by atoms with Gasteiger partial charge >= 0.3 is 5.97 Å². The van der Waals surface area contributed by atoms with Gasteiger partial charge in [-0.25, -0.2) is 0 Å². The average Bonchev–Trinajstić information content (AvgIpc) is 2.91. The minimum atomic E-state index is -1.16. The molecule has 11 heteroatoms. The van der Waals surface area contributed by atoms with Crippen molar-refractivity contribution in [2.75, 3.05) is 13.2 Å². The van der Waals surface area contributed by atoms with Crippen LogP contribution in [0.3, 0.4) is 0 Å². The number of rotatable bonds is 7. The molecule has 0 aromatic heterocycles. The van der Waals surface area contributed by atoms with Crippen LogP contribution in [0, 0.1) is 27.4 Å². The Kier molecular flexibility index (Phi) is 5.97. The van der Waals surface area contributed by atoms with Crippen molar-refractivity contribution in [1.29, 1.82) is 5.26 Å². The van der Waals surface area contributed by atoms with Gasteiger partial charge in [0.2, 0.25) is 0 Å². The maximum Gasteiger partial charge on any atom is 0.326 e. The summed E-state index contributed by atoms with van der Waals surface area (Å²) < 4.78 is 4.77. The summed E-state index contributed by atoms with van der Waals surface area (Å²) in [6.45, 7) is 3.46. The molecule has 1 aromatic rings. The number of imide groups is 1. The van der Waals surface area contributed by atoms with Gasteiger partial charge in [-0.2, -0.15) is 5.26 Å². The average molecular weight is 402 g/mol. The molecule has 0 saturated carbocycles. The summed E-state index contributed by atoms with van der Waals surface area (Å²) in [5.74, 6) is -3.85. The number of nitrogens with zero attached hydrogens (tertiary/aromatic N) is 3. The van der Waals surface area contributed by atoms with Crippen LogP contribution in [0.2, 0.25) is 0 Å². The van der Waals surface area contributed by atoms with Gasteiger partial charge in [0.05, 0.1) is 16.6 Å². The van der Waals surface area contributed by atoms with Gasteiger partial charge in [0.15, 0.2) is 6.61 Å². The molecule has 1 heterocycles. The first-order valence-electron chi connectivity index (χ1n) is 8.53. The minimum Gasteiger partial charge on any atom is -0.454 e. The smallest absolute Gasteiger partial charge is 0.326 e. The van der Waals surface area contributed by atoms with E-state index in [1.54, 1.807) is 13.8 Å². The van der Waals surface area contributed by atoms with E-state index in [0.29, 0.717) is 4.90 Å². The van der Waals surface area contributed by atoms with Gasteiger partial charge in [-0.3, -0.25) is 34.2 Å². The van der Waals surface area contributed by atoms with Crippen LogP contribution in [0.15, 0.2) is 18.2 Å². The number of hydrogen-bond acceptors (Lipinski definition) is 8. The third-order valence-electron chi connectivity index (χ3n) is 4.61. The maximum absolute atomic E-state index is 12.4. The molecule has 0 spiro atoms. The highest BCUT2D eigenvalue weighted by Gasteiger charge is 2.42. The van der Waals surface area contributed by atoms with E-state index in [1.807, 2.05) is 6.07 Å². The van der Waals surface area contributed by atoms with Crippen LogP contribution in [-0.2, 0) is 14.3 Å². The lowest BCUT2D eigenvalue weighted by Gasteiger charge is -2.27. The molecule has 0 bridgehead atoms. The fraction of sp³-hybridized carbons (Fsp3) is 0.389. The molecule has 152 valence electrons. The second kappa shape index (κ2) is 8.05. The number of carbonyl (C=O) groups is 4. The summed E-state index contributed by atoms with van der Waals surface area (Å²) in [5.41, 5.74) is -2.28. The first-order valence-corrected chi connectivity index (χ1v) is 8.53. The summed E-state index contributed by atoms with van der Waals surface area (Å²) in [4.78, 5) is 59.4. The molecular formula is C18H18N4O7. The Morgan fingerprint density at radius 3 is 2.55 bits per heavy atom. The number of fused-ring (bicyclic) bond motifs is 1. The van der Waals surface area contributed by atoms with Crippen LogP contribution in [0.4, 0.5) is 5.69 Å². The van der Waals surface area contributed by atoms with Gasteiger partial charge in [0, 0.05) is 6.07 Å². The van der Waals surface area contributed by atoms with E-state index in [2.05, 4.69) is 5.32 Å². The molecule has 0 unspecified atom stereocenters. The van der Waals surface area contributed by atoms with Gasteiger partial charge in [-0.05, 0) is 18.9 Å². The normalized spacial score (nSPS) is 14.8. The standard InChI is InChI=1S/C18H18N4O7/c1-10(2)18(3,9-19)20-13(23)8-29-14(24)7-21-16(25)11-5-4-6-12(22(27)28)15(11)17(21)26/h4-6,10H,7-8H2,1-3H3,(H,20,23)/t18-/m1/s1. The number of hydrogen-bond donors (Lipinski definition) is 1. The Morgan fingerprint density at radius 2 is 2.00 bits per heavy atom. The molecule has 29 heavy (non-hydrogen) atoms. The van der Waals surface area contributed by atoms with E-state index in [9.17, 15) is 34.6 Å². The lowest BCUT2D eigenvalue weighted by Crippen LogP contribution is -2.50. The fourth-order valence-electron chi connectivity index (χ4n) is 2.56. The predicted octanol–water partition coefficient (Wildman–Crippen LogP) is 0.788. The van der Waals surface area contributed by atoms with Crippen molar-refractivity contribution in [2.24, 2.45) is 5.92 Å². The van der Waals surface area contributed by atoms with Crippen molar-refractivity contribution in [3.63, 3.8) is 0 Å². The number of amides is 3. The lowest BCUT2D eigenvalue weighted by molar-refractivity contribution is -0.385. The second-order valence-electron chi connectivity index (χ2n) is 6.83. The highest BCUT2D eigenvalue weighted by molar-refractivity contribution is 6.24. The zero-order valence-corrected chi connectivity index (χ0v) is 15.9. The van der Waals surface area contributed by atoms with Crippen LogP contribution >= 0.6 is 0 Å². The zero-order valence-electron chi connectivity index (χ0n) is 15.9. The molecule has 1 atom stereocenters. The first-order chi connectivity index (χ1) is 13.5. The number of nitro benzene ring substituents is 1. The summed E-state index contributed by atoms with van der Waals surface area (Å²) in [5, 5.41) is 22.7. The van der Waals surface area contributed by atoms with Gasteiger partial charge < -0.3 is 10.1 Å². The van der Waals surface area contributed by atoms with Crippen molar-refractivity contribution in [3.8, 4) is 6.07 Å². The molecule has 0 aliphatic carbocycles. The molecule has 0 saturated heterocycles. The monoisotopic (exact) mass is 402 g/mol. The topological polar surface area (TPSA) is 160 Å². The largest absolute Gasteiger partial charge is 0.454 e. The number of nitro groups is 1. The quantitative estimate of drug-likeness (QED) is 0.303. The number of benzene rings is 1. The third-order valence-corrected chi connectivity index (χ3v) is 4.61. The molecule has 11 nitrogen and oxygen atoms in total. The summed E-state index contributed by atoms with van der Waals surface area (Å²) in [6, 6.07) is 5.55. The molecule has 0 radical (unpaired) electrons. The highest BCUT2D eigenvalue weighted by Crippen LogP contribution is 2.30. The van der Waals surface area contributed by atoms with E-state index in [-0.39, 0.29) is 11.5 Å². The summed E-state index contributed by atoms with van der Waals surface area (Å²) in [7, 11) is 0. The van der Waals surface area contributed by atoms with Crippen molar-refractivity contribution < 1.29 is 28.8 Å².